The maximum atomic E-state index is 12.2. The summed E-state index contributed by atoms with van der Waals surface area (Å²) in [6.07, 6.45) is 3.25. The summed E-state index contributed by atoms with van der Waals surface area (Å²) in [5.74, 6) is 0.623. The van der Waals surface area contributed by atoms with E-state index in [1.165, 1.54) is 22.2 Å². The van der Waals surface area contributed by atoms with E-state index < -0.39 is 0 Å². The Bertz CT molecular complexity index is 991. The van der Waals surface area contributed by atoms with Gasteiger partial charge in [-0.15, -0.1) is 11.3 Å². The number of para-hydroxylation sites is 1. The summed E-state index contributed by atoms with van der Waals surface area (Å²) in [5.41, 5.74) is 8.29. The number of rotatable bonds is 6. The highest BCUT2D eigenvalue weighted by molar-refractivity contribution is 7.99. The van der Waals surface area contributed by atoms with Crippen molar-refractivity contribution >= 4 is 50.7 Å². The van der Waals surface area contributed by atoms with Crippen molar-refractivity contribution in [3.63, 3.8) is 0 Å². The van der Waals surface area contributed by atoms with Crippen molar-refractivity contribution in [2.45, 2.75) is 44.1 Å². The van der Waals surface area contributed by atoms with Crippen LogP contribution < -0.4 is 11.1 Å². The normalized spacial score (nSPS) is 16.1. The second-order valence-electron chi connectivity index (χ2n) is 6.70. The molecule has 1 aromatic carbocycles. The first-order valence-corrected chi connectivity index (χ1v) is 11.1. The zero-order chi connectivity index (χ0) is 19.5. The van der Waals surface area contributed by atoms with Gasteiger partial charge in [0, 0.05) is 17.0 Å². The van der Waals surface area contributed by atoms with Crippen molar-refractivity contribution in [2.75, 3.05) is 16.8 Å². The van der Waals surface area contributed by atoms with Crippen molar-refractivity contribution in [3.8, 4) is 0 Å². The topological polar surface area (TPSA) is 90.1 Å². The molecule has 4 rings (SSSR count). The van der Waals surface area contributed by atoms with E-state index in [1.54, 1.807) is 11.3 Å². The van der Waals surface area contributed by atoms with Crippen LogP contribution in [0.3, 0.4) is 0 Å². The van der Waals surface area contributed by atoms with Crippen LogP contribution in [0.25, 0.3) is 10.2 Å². The Balaban J connectivity index is 1.48. The highest BCUT2D eigenvalue weighted by Gasteiger charge is 2.25. The van der Waals surface area contributed by atoms with E-state index in [0.717, 1.165) is 35.2 Å². The Morgan fingerprint density at radius 2 is 2.18 bits per heavy atom. The average Bonchev–Trinajstić information content (AvgIpc) is 3.05. The molecule has 146 valence electrons. The average molecular weight is 415 g/mol. The summed E-state index contributed by atoms with van der Waals surface area (Å²) in [5, 5.41) is 4.35. The number of nitrogen functional groups attached to an aromatic ring is 1. The molecular weight excluding hydrogens is 392 g/mol. The van der Waals surface area contributed by atoms with E-state index in [9.17, 15) is 4.79 Å². The molecule has 0 spiro atoms. The fourth-order valence-electron chi connectivity index (χ4n) is 3.34. The molecule has 0 radical (unpaired) electrons. The number of fused-ring (bicyclic) bond motifs is 3. The van der Waals surface area contributed by atoms with Crippen LogP contribution in [0.2, 0.25) is 0 Å². The Kier molecular flexibility index (Phi) is 5.79. The van der Waals surface area contributed by atoms with Gasteiger partial charge >= 0.3 is 0 Å². The Morgan fingerprint density at radius 3 is 2.96 bits per heavy atom. The van der Waals surface area contributed by atoms with E-state index in [1.807, 2.05) is 30.3 Å². The lowest BCUT2D eigenvalue weighted by atomic mass is 10.0. The molecule has 8 heteroatoms. The first-order chi connectivity index (χ1) is 13.6. The van der Waals surface area contributed by atoms with Crippen LogP contribution in [-0.2, 0) is 22.6 Å². The number of hydrogen-bond acceptors (Lipinski definition) is 7. The standard InChI is InChI=1S/C20H22N4O2S2/c1-2-6-13-9-14-15(10-26-13)28-19-17(14)18(21)23-20(24-19)27-11-16(25)22-12-7-4-3-5-8-12/h3-5,7-8,13H,2,6,9-11H2,1H3,(H,22,25)(H2,21,23,24)/t13-/m1/s1. The summed E-state index contributed by atoms with van der Waals surface area (Å²) >= 11 is 2.91. The molecule has 0 aliphatic carbocycles. The molecule has 1 atom stereocenters. The third-order valence-electron chi connectivity index (χ3n) is 4.62. The Labute approximate surface area is 171 Å². The van der Waals surface area contributed by atoms with Gasteiger partial charge in [-0.05, 0) is 24.1 Å². The summed E-state index contributed by atoms with van der Waals surface area (Å²) in [6, 6.07) is 9.38. The molecule has 0 bridgehead atoms. The number of carbonyl (C=O) groups is 1. The lowest BCUT2D eigenvalue weighted by molar-refractivity contribution is -0.113. The lowest BCUT2D eigenvalue weighted by Gasteiger charge is -2.22. The van der Waals surface area contributed by atoms with Crippen LogP contribution in [0.15, 0.2) is 35.5 Å². The number of amides is 1. The van der Waals surface area contributed by atoms with E-state index in [-0.39, 0.29) is 17.8 Å². The van der Waals surface area contributed by atoms with Gasteiger partial charge < -0.3 is 15.8 Å². The third kappa shape index (κ3) is 4.14. The summed E-state index contributed by atoms with van der Waals surface area (Å²) in [6.45, 7) is 2.78. The maximum absolute atomic E-state index is 12.2. The number of benzene rings is 1. The number of nitrogens with two attached hydrogens (primary N) is 1. The highest BCUT2D eigenvalue weighted by Crippen LogP contribution is 2.38. The van der Waals surface area contributed by atoms with Gasteiger partial charge in [0.2, 0.25) is 5.91 Å². The fourth-order valence-corrected chi connectivity index (χ4v) is 5.18. The van der Waals surface area contributed by atoms with Crippen molar-refractivity contribution in [2.24, 2.45) is 0 Å². The Hall–Kier alpha value is -2.16. The number of aromatic nitrogens is 2. The van der Waals surface area contributed by atoms with Crippen LogP contribution in [0, 0.1) is 0 Å². The minimum atomic E-state index is -0.0975. The number of nitrogens with zero attached hydrogens (tertiary/aromatic N) is 2. The van der Waals surface area contributed by atoms with E-state index in [4.69, 9.17) is 10.5 Å². The zero-order valence-electron chi connectivity index (χ0n) is 15.6. The third-order valence-corrected chi connectivity index (χ3v) is 6.57. The lowest BCUT2D eigenvalue weighted by Crippen LogP contribution is -2.21. The summed E-state index contributed by atoms with van der Waals surface area (Å²) in [7, 11) is 0. The molecule has 0 unspecified atom stereocenters. The monoisotopic (exact) mass is 414 g/mol. The molecule has 3 N–H and O–H groups in total. The summed E-state index contributed by atoms with van der Waals surface area (Å²) < 4.78 is 5.94. The van der Waals surface area contributed by atoms with Gasteiger partial charge in [-0.2, -0.15) is 0 Å². The van der Waals surface area contributed by atoms with E-state index in [0.29, 0.717) is 17.6 Å². The molecule has 28 heavy (non-hydrogen) atoms. The van der Waals surface area contributed by atoms with Gasteiger partial charge in [0.05, 0.1) is 23.8 Å². The molecule has 1 aliphatic heterocycles. The maximum Gasteiger partial charge on any atom is 0.234 e. The van der Waals surface area contributed by atoms with Gasteiger partial charge in [-0.3, -0.25) is 4.79 Å². The van der Waals surface area contributed by atoms with E-state index >= 15 is 0 Å². The van der Waals surface area contributed by atoms with Gasteiger partial charge in [0.15, 0.2) is 5.16 Å². The van der Waals surface area contributed by atoms with Crippen LogP contribution in [0.5, 0.6) is 0 Å². The van der Waals surface area contributed by atoms with Crippen LogP contribution in [0.1, 0.15) is 30.2 Å². The number of anilines is 2. The minimum Gasteiger partial charge on any atom is -0.383 e. The largest absolute Gasteiger partial charge is 0.383 e. The van der Waals surface area contributed by atoms with Gasteiger partial charge in [0.25, 0.3) is 0 Å². The first-order valence-electron chi connectivity index (χ1n) is 9.31. The molecule has 1 aliphatic rings. The van der Waals surface area contributed by atoms with Crippen LogP contribution in [-0.4, -0.2) is 27.7 Å². The minimum absolute atomic E-state index is 0.0975. The van der Waals surface area contributed by atoms with Crippen molar-refractivity contribution in [3.05, 3.63) is 40.8 Å². The Morgan fingerprint density at radius 1 is 1.36 bits per heavy atom. The quantitative estimate of drug-likeness (QED) is 0.463. The zero-order valence-corrected chi connectivity index (χ0v) is 17.2. The molecule has 0 saturated carbocycles. The van der Waals surface area contributed by atoms with Crippen molar-refractivity contribution in [1.82, 2.24) is 9.97 Å². The molecule has 1 amide bonds. The smallest absolute Gasteiger partial charge is 0.234 e. The number of thioether (sulfide) groups is 1. The highest BCUT2D eigenvalue weighted by atomic mass is 32.2. The summed E-state index contributed by atoms with van der Waals surface area (Å²) in [4.78, 5) is 23.3. The van der Waals surface area contributed by atoms with Gasteiger partial charge in [0.1, 0.15) is 10.6 Å². The van der Waals surface area contributed by atoms with Crippen LogP contribution in [0.4, 0.5) is 11.5 Å². The number of thiophene rings is 1. The van der Waals surface area contributed by atoms with Gasteiger partial charge in [-0.25, -0.2) is 9.97 Å². The molecule has 0 fully saturated rings. The molecule has 6 nitrogen and oxygen atoms in total. The molecule has 3 heterocycles. The van der Waals surface area contributed by atoms with Crippen molar-refractivity contribution in [1.29, 1.82) is 0 Å². The van der Waals surface area contributed by atoms with Gasteiger partial charge in [-0.1, -0.05) is 43.3 Å². The number of hydrogen-bond donors (Lipinski definition) is 2. The number of ether oxygens (including phenoxy) is 1. The number of nitrogens with one attached hydrogen (secondary N) is 1. The second kappa shape index (κ2) is 8.46. The van der Waals surface area contributed by atoms with Crippen LogP contribution >= 0.6 is 23.1 Å². The molecule has 3 aromatic rings. The first kappa shape index (κ1) is 19.2. The van der Waals surface area contributed by atoms with E-state index in [2.05, 4.69) is 22.2 Å². The molecular formula is C20H22N4O2S2. The van der Waals surface area contributed by atoms with Crippen molar-refractivity contribution < 1.29 is 9.53 Å². The second-order valence-corrected chi connectivity index (χ2v) is 8.73. The SMILES string of the molecule is CCC[C@@H]1Cc2c(sc3nc(SCC(=O)Nc4ccccc4)nc(N)c23)CO1. The fraction of sp³-hybridized carbons (Fsp3) is 0.350. The molecule has 2 aromatic heterocycles. The number of carbonyl (C=O) groups excluding carboxylic acids is 1. The predicted octanol–water partition coefficient (Wildman–Crippen LogP) is 4.25. The molecule has 0 saturated heterocycles. The predicted molar refractivity (Wildman–Crippen MR) is 115 cm³/mol.